The molecule has 1 atom stereocenters. The van der Waals surface area contributed by atoms with Crippen LogP contribution in [0.3, 0.4) is 0 Å². The van der Waals surface area contributed by atoms with Gasteiger partial charge in [-0.3, -0.25) is 14.4 Å². The molecule has 0 aromatic rings. The van der Waals surface area contributed by atoms with Gasteiger partial charge in [-0.2, -0.15) is 0 Å². The molecule has 0 rings (SSSR count). The Kier molecular flexibility index (Phi) is 42.3. The number of nitrogens with one attached hydrogen (secondary N) is 1. The molecule has 0 saturated carbocycles. The summed E-state index contributed by atoms with van der Waals surface area (Å²) >= 11 is 0. The van der Waals surface area contributed by atoms with Crippen LogP contribution in [0.25, 0.3) is 0 Å². The van der Waals surface area contributed by atoms with Gasteiger partial charge in [-0.25, -0.2) is 0 Å². The number of carboxylic acid groups (broad SMARTS) is 1. The van der Waals surface area contributed by atoms with Gasteiger partial charge in [0.2, 0.25) is 11.8 Å². The number of hydrogen-bond donors (Lipinski definition) is 2. The molecule has 55 heavy (non-hydrogen) atoms. The predicted octanol–water partition coefficient (Wildman–Crippen LogP) is 15.0. The van der Waals surface area contributed by atoms with Crippen LogP contribution in [0.1, 0.15) is 278 Å². The highest BCUT2D eigenvalue weighted by atomic mass is 16.4. The van der Waals surface area contributed by atoms with Crippen LogP contribution >= 0.6 is 0 Å². The average molecular weight is 777 g/mol. The Morgan fingerprint density at radius 1 is 0.400 bits per heavy atom. The molecule has 2 amide bonds. The summed E-state index contributed by atoms with van der Waals surface area (Å²) in [7, 11) is 0. The van der Waals surface area contributed by atoms with Crippen LogP contribution in [-0.4, -0.2) is 46.9 Å². The van der Waals surface area contributed by atoms with Crippen LogP contribution in [0.5, 0.6) is 0 Å². The first-order valence-electron chi connectivity index (χ1n) is 24.8. The Morgan fingerprint density at radius 3 is 0.964 bits per heavy atom. The lowest BCUT2D eigenvalue weighted by Crippen LogP contribution is -2.49. The van der Waals surface area contributed by atoms with E-state index in [0.717, 1.165) is 44.9 Å². The SMILES string of the molecule is CCCCCCCCCCCCCCCCN(CCCCCCCCCCCCCCCC)C(=O)[C@H](CCC(=O)O)NC(=O)CCCCCCCCCCC. The lowest BCUT2D eigenvalue weighted by molar-refractivity contribution is -0.139. The summed E-state index contributed by atoms with van der Waals surface area (Å²) < 4.78 is 0. The van der Waals surface area contributed by atoms with Crippen LogP contribution in [0, 0.1) is 0 Å². The van der Waals surface area contributed by atoms with E-state index in [9.17, 15) is 19.5 Å². The maximum atomic E-state index is 14.0. The van der Waals surface area contributed by atoms with Gasteiger partial charge in [0.25, 0.3) is 0 Å². The smallest absolute Gasteiger partial charge is 0.303 e. The molecule has 6 nitrogen and oxygen atoms in total. The van der Waals surface area contributed by atoms with Gasteiger partial charge in [-0.15, -0.1) is 0 Å². The quantitative estimate of drug-likeness (QED) is 0.0603. The zero-order valence-electron chi connectivity index (χ0n) is 37.4. The Labute approximate surface area is 343 Å². The number of unbranched alkanes of at least 4 members (excludes halogenated alkanes) is 34. The molecule has 0 aromatic heterocycles. The number of carbonyl (C=O) groups is 3. The van der Waals surface area contributed by atoms with Gasteiger partial charge in [-0.05, 0) is 25.7 Å². The maximum Gasteiger partial charge on any atom is 0.303 e. The maximum absolute atomic E-state index is 14.0. The summed E-state index contributed by atoms with van der Waals surface area (Å²) in [5, 5.41) is 12.4. The lowest BCUT2D eigenvalue weighted by Gasteiger charge is -2.28. The van der Waals surface area contributed by atoms with Crippen molar-refractivity contribution in [2.24, 2.45) is 0 Å². The minimum atomic E-state index is -0.920. The second-order valence-corrected chi connectivity index (χ2v) is 17.1. The zero-order chi connectivity index (χ0) is 40.3. The highest BCUT2D eigenvalue weighted by Gasteiger charge is 2.26. The molecule has 6 heteroatoms. The fraction of sp³-hybridized carbons (Fsp3) is 0.939. The molecular weight excluding hydrogens is 681 g/mol. The first-order valence-corrected chi connectivity index (χ1v) is 24.8. The molecular formula is C49H96N2O4. The van der Waals surface area contributed by atoms with Gasteiger partial charge in [-0.1, -0.05) is 239 Å². The molecule has 0 fully saturated rings. The van der Waals surface area contributed by atoms with Crippen molar-refractivity contribution >= 4 is 17.8 Å². The number of carboxylic acids is 1. The fourth-order valence-corrected chi connectivity index (χ4v) is 7.93. The summed E-state index contributed by atoms with van der Waals surface area (Å²) in [6, 6.07) is -0.750. The number of rotatable bonds is 45. The van der Waals surface area contributed by atoms with E-state index < -0.39 is 12.0 Å². The lowest BCUT2D eigenvalue weighted by atomic mass is 10.0. The topological polar surface area (TPSA) is 86.7 Å². The van der Waals surface area contributed by atoms with Crippen LogP contribution < -0.4 is 5.32 Å². The Morgan fingerprint density at radius 2 is 0.673 bits per heavy atom. The van der Waals surface area contributed by atoms with Crippen molar-refractivity contribution in [1.29, 1.82) is 0 Å². The summed E-state index contributed by atoms with van der Waals surface area (Å²) in [5.74, 6) is -1.11. The van der Waals surface area contributed by atoms with Gasteiger partial charge >= 0.3 is 5.97 Å². The van der Waals surface area contributed by atoms with Gasteiger partial charge in [0.05, 0.1) is 0 Å². The van der Waals surface area contributed by atoms with Crippen molar-refractivity contribution in [3.63, 3.8) is 0 Å². The molecule has 0 aliphatic rings. The number of amides is 2. The first kappa shape index (κ1) is 53.4. The molecule has 0 unspecified atom stereocenters. The molecule has 0 heterocycles. The van der Waals surface area contributed by atoms with Crippen molar-refractivity contribution in [3.05, 3.63) is 0 Å². The van der Waals surface area contributed by atoms with E-state index in [4.69, 9.17) is 0 Å². The largest absolute Gasteiger partial charge is 0.481 e. The van der Waals surface area contributed by atoms with Gasteiger partial charge in [0.15, 0.2) is 0 Å². The fourth-order valence-electron chi connectivity index (χ4n) is 7.93. The Hall–Kier alpha value is -1.59. The van der Waals surface area contributed by atoms with E-state index in [1.54, 1.807) is 0 Å². The van der Waals surface area contributed by atoms with E-state index in [-0.39, 0.29) is 24.7 Å². The van der Waals surface area contributed by atoms with E-state index in [0.29, 0.717) is 19.5 Å². The minimum Gasteiger partial charge on any atom is -0.481 e. The molecule has 2 N–H and O–H groups in total. The van der Waals surface area contributed by atoms with Crippen LogP contribution in [0.15, 0.2) is 0 Å². The number of hydrogen-bond acceptors (Lipinski definition) is 3. The molecule has 0 aromatic carbocycles. The minimum absolute atomic E-state index is 0.0777. The Bertz CT molecular complexity index is 802. The molecule has 0 spiro atoms. The third-order valence-corrected chi connectivity index (χ3v) is 11.7. The summed E-state index contributed by atoms with van der Waals surface area (Å²) in [5.41, 5.74) is 0. The molecule has 0 bridgehead atoms. The third kappa shape index (κ3) is 39.0. The monoisotopic (exact) mass is 777 g/mol. The normalized spacial score (nSPS) is 11.9. The Balaban J connectivity index is 4.76. The van der Waals surface area contributed by atoms with Crippen molar-refractivity contribution in [1.82, 2.24) is 10.2 Å². The van der Waals surface area contributed by atoms with Gasteiger partial charge < -0.3 is 15.3 Å². The van der Waals surface area contributed by atoms with Crippen molar-refractivity contribution in [2.75, 3.05) is 13.1 Å². The molecule has 326 valence electrons. The number of carbonyl (C=O) groups excluding carboxylic acids is 2. The van der Waals surface area contributed by atoms with Gasteiger partial charge in [0.1, 0.15) is 6.04 Å². The molecule has 0 radical (unpaired) electrons. The van der Waals surface area contributed by atoms with E-state index >= 15 is 0 Å². The summed E-state index contributed by atoms with van der Waals surface area (Å²) in [6.45, 7) is 8.20. The second kappa shape index (κ2) is 43.5. The van der Waals surface area contributed by atoms with Crippen LogP contribution in [0.4, 0.5) is 0 Å². The number of aliphatic carboxylic acids is 1. The standard InChI is InChI=1S/C49H96N2O4/c1-4-7-10-13-16-19-21-23-25-27-30-33-36-39-44-51(45-40-37-34-31-28-26-24-22-20-17-14-11-8-5-2)49(55)46(42-43-48(53)54)50-47(52)41-38-35-32-29-18-15-12-9-6-3/h46H,4-45H2,1-3H3,(H,50,52)(H,53,54)/t46-/m0/s1. The highest BCUT2D eigenvalue weighted by Crippen LogP contribution is 2.17. The van der Waals surface area contributed by atoms with Gasteiger partial charge in [0, 0.05) is 25.9 Å². The first-order chi connectivity index (χ1) is 27.0. The molecule has 0 aliphatic carbocycles. The van der Waals surface area contributed by atoms with Crippen molar-refractivity contribution < 1.29 is 19.5 Å². The van der Waals surface area contributed by atoms with Crippen LogP contribution in [-0.2, 0) is 14.4 Å². The van der Waals surface area contributed by atoms with E-state index in [1.807, 2.05) is 4.90 Å². The van der Waals surface area contributed by atoms with Crippen LogP contribution in [0.2, 0.25) is 0 Å². The zero-order valence-corrected chi connectivity index (χ0v) is 37.4. The van der Waals surface area contributed by atoms with E-state index in [1.165, 1.54) is 193 Å². The number of nitrogens with zero attached hydrogens (tertiary/aromatic N) is 1. The predicted molar refractivity (Wildman–Crippen MR) is 238 cm³/mol. The average Bonchev–Trinajstić information content (AvgIpc) is 3.17. The van der Waals surface area contributed by atoms with E-state index in [2.05, 4.69) is 26.1 Å². The molecule has 0 aliphatic heterocycles. The summed E-state index contributed by atoms with van der Waals surface area (Å²) in [4.78, 5) is 40.5. The van der Waals surface area contributed by atoms with Crippen molar-refractivity contribution in [2.45, 2.75) is 284 Å². The summed E-state index contributed by atoms with van der Waals surface area (Å²) in [6.07, 6.45) is 47.6. The van der Waals surface area contributed by atoms with Crippen molar-refractivity contribution in [3.8, 4) is 0 Å². The second-order valence-electron chi connectivity index (χ2n) is 17.1. The molecule has 0 saturated heterocycles. The highest BCUT2D eigenvalue weighted by molar-refractivity contribution is 5.88. The third-order valence-electron chi connectivity index (χ3n) is 11.7.